The van der Waals surface area contributed by atoms with Gasteiger partial charge in [-0.15, -0.1) is 0 Å². The maximum Gasteiger partial charge on any atom is 0.349 e. The van der Waals surface area contributed by atoms with Crippen molar-refractivity contribution in [3.8, 4) is 11.5 Å². The Labute approximate surface area is 144 Å². The first-order valence-corrected chi connectivity index (χ1v) is 8.02. The summed E-state index contributed by atoms with van der Waals surface area (Å²) in [5.74, 6) is 0.403. The number of aryl methyl sites for hydroxylation is 2. The van der Waals surface area contributed by atoms with Crippen LogP contribution >= 0.6 is 0 Å². The van der Waals surface area contributed by atoms with Gasteiger partial charge in [0.05, 0.1) is 0 Å². The SMILES string of the molecule is CCc1ccc(OC(=O)COc2ccc3c(C)cc(=O)oc3c2)cc1. The lowest BCUT2D eigenvalue weighted by atomic mass is 10.1. The minimum Gasteiger partial charge on any atom is -0.482 e. The molecule has 25 heavy (non-hydrogen) atoms. The van der Waals surface area contributed by atoms with Gasteiger partial charge < -0.3 is 13.9 Å². The zero-order valence-corrected chi connectivity index (χ0v) is 14.1. The van der Waals surface area contributed by atoms with Gasteiger partial charge in [-0.1, -0.05) is 19.1 Å². The molecule has 0 spiro atoms. The van der Waals surface area contributed by atoms with Gasteiger partial charge in [0, 0.05) is 17.5 Å². The molecular formula is C20H18O5. The quantitative estimate of drug-likeness (QED) is 0.404. The van der Waals surface area contributed by atoms with E-state index >= 15 is 0 Å². The number of ether oxygens (including phenoxy) is 2. The van der Waals surface area contributed by atoms with Crippen LogP contribution < -0.4 is 15.1 Å². The molecule has 0 atom stereocenters. The molecule has 0 aliphatic rings. The van der Waals surface area contributed by atoms with Crippen LogP contribution in [0.2, 0.25) is 0 Å². The summed E-state index contributed by atoms with van der Waals surface area (Å²) in [7, 11) is 0. The van der Waals surface area contributed by atoms with Crippen molar-refractivity contribution >= 4 is 16.9 Å². The average molecular weight is 338 g/mol. The highest BCUT2D eigenvalue weighted by Gasteiger charge is 2.08. The lowest BCUT2D eigenvalue weighted by molar-refractivity contribution is -0.136. The molecule has 5 nitrogen and oxygen atoms in total. The van der Waals surface area contributed by atoms with Crippen LogP contribution in [-0.4, -0.2) is 12.6 Å². The van der Waals surface area contributed by atoms with Crippen molar-refractivity contribution < 1.29 is 18.7 Å². The van der Waals surface area contributed by atoms with E-state index in [4.69, 9.17) is 13.9 Å². The number of fused-ring (bicyclic) bond motifs is 1. The van der Waals surface area contributed by atoms with Gasteiger partial charge in [-0.25, -0.2) is 9.59 Å². The minimum absolute atomic E-state index is 0.239. The van der Waals surface area contributed by atoms with E-state index < -0.39 is 11.6 Å². The molecule has 3 rings (SSSR count). The second-order valence-corrected chi connectivity index (χ2v) is 5.67. The third kappa shape index (κ3) is 4.07. The molecule has 5 heteroatoms. The predicted octanol–water partition coefficient (Wildman–Crippen LogP) is 3.65. The summed E-state index contributed by atoms with van der Waals surface area (Å²) >= 11 is 0. The molecule has 0 radical (unpaired) electrons. The van der Waals surface area contributed by atoms with Gasteiger partial charge in [0.25, 0.3) is 0 Å². The first-order chi connectivity index (χ1) is 12.0. The molecule has 3 aromatic rings. The Kier molecular flexibility index (Phi) is 4.84. The summed E-state index contributed by atoms with van der Waals surface area (Å²) in [6.45, 7) is 3.65. The molecule has 0 N–H and O–H groups in total. The van der Waals surface area contributed by atoms with Gasteiger partial charge in [-0.2, -0.15) is 0 Å². The highest BCUT2D eigenvalue weighted by atomic mass is 16.6. The molecule has 0 saturated heterocycles. The second kappa shape index (κ2) is 7.21. The van der Waals surface area contributed by atoms with Crippen LogP contribution in [0.15, 0.2) is 57.7 Å². The number of benzene rings is 2. The highest BCUT2D eigenvalue weighted by molar-refractivity contribution is 5.81. The monoisotopic (exact) mass is 338 g/mol. The minimum atomic E-state index is -0.505. The topological polar surface area (TPSA) is 65.7 Å². The van der Waals surface area contributed by atoms with E-state index in [1.54, 1.807) is 30.3 Å². The standard InChI is InChI=1S/C20H18O5/c1-3-14-4-6-15(7-5-14)24-20(22)12-23-16-8-9-17-13(2)10-19(21)25-18(17)11-16/h4-11H,3,12H2,1-2H3. The van der Waals surface area contributed by atoms with Crippen molar-refractivity contribution in [2.45, 2.75) is 20.3 Å². The van der Waals surface area contributed by atoms with E-state index in [1.807, 2.05) is 19.1 Å². The lowest BCUT2D eigenvalue weighted by Crippen LogP contribution is -2.17. The molecule has 2 aromatic carbocycles. The molecule has 0 bridgehead atoms. The molecule has 0 amide bonds. The Morgan fingerprint density at radius 1 is 1.04 bits per heavy atom. The first-order valence-electron chi connectivity index (χ1n) is 8.02. The van der Waals surface area contributed by atoms with Crippen LogP contribution in [-0.2, 0) is 11.2 Å². The fourth-order valence-electron chi connectivity index (χ4n) is 2.49. The lowest BCUT2D eigenvalue weighted by Gasteiger charge is -2.08. The van der Waals surface area contributed by atoms with Crippen molar-refractivity contribution in [2.24, 2.45) is 0 Å². The van der Waals surface area contributed by atoms with Crippen molar-refractivity contribution in [2.75, 3.05) is 6.61 Å². The second-order valence-electron chi connectivity index (χ2n) is 5.67. The average Bonchev–Trinajstić information content (AvgIpc) is 2.60. The summed E-state index contributed by atoms with van der Waals surface area (Å²) in [4.78, 5) is 23.3. The zero-order chi connectivity index (χ0) is 17.8. The van der Waals surface area contributed by atoms with Crippen molar-refractivity contribution in [3.05, 3.63) is 70.1 Å². The molecule has 0 fully saturated rings. The number of hydrogen-bond acceptors (Lipinski definition) is 5. The highest BCUT2D eigenvalue weighted by Crippen LogP contribution is 2.22. The fourth-order valence-corrected chi connectivity index (χ4v) is 2.49. The zero-order valence-electron chi connectivity index (χ0n) is 14.1. The van der Waals surface area contributed by atoms with Gasteiger partial charge in [-0.05, 0) is 48.7 Å². The fraction of sp³-hybridized carbons (Fsp3) is 0.200. The maximum absolute atomic E-state index is 11.9. The summed E-state index contributed by atoms with van der Waals surface area (Å²) < 4.78 is 15.8. The molecule has 0 aliphatic heterocycles. The van der Waals surface area contributed by atoms with E-state index in [-0.39, 0.29) is 6.61 Å². The number of hydrogen-bond donors (Lipinski definition) is 0. The maximum atomic E-state index is 11.9. The molecular weight excluding hydrogens is 320 g/mol. The van der Waals surface area contributed by atoms with Gasteiger partial charge in [0.15, 0.2) is 6.61 Å². The Morgan fingerprint density at radius 3 is 2.48 bits per heavy atom. The van der Waals surface area contributed by atoms with Crippen LogP contribution in [0.3, 0.4) is 0 Å². The summed E-state index contributed by atoms with van der Waals surface area (Å²) in [5, 5.41) is 0.825. The van der Waals surface area contributed by atoms with Gasteiger partial charge >= 0.3 is 11.6 Å². The van der Waals surface area contributed by atoms with Crippen molar-refractivity contribution in [3.63, 3.8) is 0 Å². The Balaban J connectivity index is 1.65. The Hall–Kier alpha value is -3.08. The molecule has 1 aromatic heterocycles. The molecule has 0 aliphatic carbocycles. The van der Waals surface area contributed by atoms with Gasteiger partial charge in [-0.3, -0.25) is 0 Å². The van der Waals surface area contributed by atoms with E-state index in [0.717, 1.165) is 17.4 Å². The van der Waals surface area contributed by atoms with Gasteiger partial charge in [0.2, 0.25) is 0 Å². The van der Waals surface area contributed by atoms with E-state index in [9.17, 15) is 9.59 Å². The molecule has 0 unspecified atom stereocenters. The number of carbonyl (C=O) groups is 1. The van der Waals surface area contributed by atoms with Crippen LogP contribution in [0.5, 0.6) is 11.5 Å². The van der Waals surface area contributed by atoms with Crippen LogP contribution in [0.25, 0.3) is 11.0 Å². The van der Waals surface area contributed by atoms with Crippen LogP contribution in [0, 0.1) is 6.92 Å². The third-order valence-electron chi connectivity index (χ3n) is 3.84. The Bertz CT molecular complexity index is 954. The largest absolute Gasteiger partial charge is 0.482 e. The van der Waals surface area contributed by atoms with Gasteiger partial charge in [0.1, 0.15) is 17.1 Å². The van der Waals surface area contributed by atoms with Crippen molar-refractivity contribution in [1.82, 2.24) is 0 Å². The Morgan fingerprint density at radius 2 is 1.76 bits per heavy atom. The van der Waals surface area contributed by atoms with E-state index in [1.165, 1.54) is 11.6 Å². The summed E-state index contributed by atoms with van der Waals surface area (Å²) in [5.41, 5.74) is 2.00. The van der Waals surface area contributed by atoms with Crippen LogP contribution in [0.1, 0.15) is 18.1 Å². The van der Waals surface area contributed by atoms with Crippen LogP contribution in [0.4, 0.5) is 0 Å². The predicted molar refractivity (Wildman–Crippen MR) is 94.2 cm³/mol. The van der Waals surface area contributed by atoms with E-state index in [0.29, 0.717) is 17.1 Å². The first kappa shape index (κ1) is 16.8. The van der Waals surface area contributed by atoms with Crippen molar-refractivity contribution in [1.29, 1.82) is 0 Å². The summed E-state index contributed by atoms with van der Waals surface area (Å²) in [6.07, 6.45) is 0.925. The normalized spacial score (nSPS) is 10.6. The van der Waals surface area contributed by atoms with E-state index in [2.05, 4.69) is 6.92 Å². The summed E-state index contributed by atoms with van der Waals surface area (Å²) in [6, 6.07) is 13.9. The number of carbonyl (C=O) groups excluding carboxylic acids is 1. The smallest absolute Gasteiger partial charge is 0.349 e. The molecule has 0 saturated carbocycles. The number of rotatable bonds is 5. The number of esters is 1. The molecule has 128 valence electrons. The molecule has 1 heterocycles. The third-order valence-corrected chi connectivity index (χ3v) is 3.84.